The van der Waals surface area contributed by atoms with Crippen LogP contribution in [-0.4, -0.2) is 22.9 Å². The Bertz CT molecular complexity index is 237. The van der Waals surface area contributed by atoms with Crippen molar-refractivity contribution < 1.29 is 10.2 Å². The van der Waals surface area contributed by atoms with E-state index in [0.29, 0.717) is 23.7 Å². The van der Waals surface area contributed by atoms with Crippen molar-refractivity contribution in [2.24, 2.45) is 23.7 Å². The van der Waals surface area contributed by atoms with Crippen molar-refractivity contribution >= 4 is 0 Å². The summed E-state index contributed by atoms with van der Waals surface area (Å²) in [6.45, 7) is 2.38. The van der Waals surface area contributed by atoms with Crippen molar-refractivity contribution in [2.45, 2.75) is 38.7 Å². The van der Waals surface area contributed by atoms with Crippen molar-refractivity contribution in [3.63, 3.8) is 0 Å². The molecule has 2 heteroatoms. The molecule has 0 aromatic heterocycles. The Hall–Kier alpha value is -0.340. The lowest BCUT2D eigenvalue weighted by Gasteiger charge is -2.44. The molecule has 0 unspecified atom stereocenters. The van der Waals surface area contributed by atoms with Crippen molar-refractivity contribution in [3.05, 3.63) is 12.2 Å². The molecule has 0 aromatic rings. The summed E-state index contributed by atoms with van der Waals surface area (Å²) in [4.78, 5) is 0. The quantitative estimate of drug-likeness (QED) is 0.684. The van der Waals surface area contributed by atoms with Crippen LogP contribution in [0.2, 0.25) is 0 Å². The van der Waals surface area contributed by atoms with Gasteiger partial charge in [0, 0.05) is 6.61 Å². The summed E-state index contributed by atoms with van der Waals surface area (Å²) >= 11 is 0. The van der Waals surface area contributed by atoms with Gasteiger partial charge in [0.05, 0.1) is 6.10 Å². The van der Waals surface area contributed by atoms with Gasteiger partial charge in [-0.05, 0) is 49.4 Å². The Morgan fingerprint density at radius 1 is 1.33 bits per heavy atom. The SMILES string of the molecule is C[C@H]1CC[C@H]2CC=C[C@@H](CCO)[C@@H]2[C@@H]1O. The van der Waals surface area contributed by atoms with Crippen LogP contribution in [0.3, 0.4) is 0 Å². The van der Waals surface area contributed by atoms with Crippen LogP contribution in [0.25, 0.3) is 0 Å². The van der Waals surface area contributed by atoms with Crippen LogP contribution in [0.1, 0.15) is 32.6 Å². The molecule has 2 aliphatic rings. The fourth-order valence-corrected chi connectivity index (χ4v) is 3.37. The Morgan fingerprint density at radius 2 is 2.13 bits per heavy atom. The number of fused-ring (bicyclic) bond motifs is 1. The van der Waals surface area contributed by atoms with Gasteiger partial charge in [-0.3, -0.25) is 0 Å². The molecule has 0 radical (unpaired) electrons. The van der Waals surface area contributed by atoms with Crippen LogP contribution in [0.4, 0.5) is 0 Å². The molecule has 1 saturated carbocycles. The van der Waals surface area contributed by atoms with E-state index in [2.05, 4.69) is 19.1 Å². The van der Waals surface area contributed by atoms with E-state index < -0.39 is 0 Å². The molecule has 0 saturated heterocycles. The Kier molecular flexibility index (Phi) is 3.47. The standard InChI is InChI=1S/C13H22O2/c1-9-5-6-10-3-2-4-11(7-8-14)12(10)13(9)15/h2,4,9-15H,3,5-8H2,1H3/t9-,10+,11-,12+,13+/m0/s1. The van der Waals surface area contributed by atoms with E-state index in [4.69, 9.17) is 5.11 Å². The summed E-state index contributed by atoms with van der Waals surface area (Å²) in [5.74, 6) is 1.87. The normalized spacial score (nSPS) is 45.1. The third kappa shape index (κ3) is 2.11. The number of aliphatic hydroxyl groups is 2. The third-order valence-electron chi connectivity index (χ3n) is 4.29. The van der Waals surface area contributed by atoms with E-state index in [1.807, 2.05) is 0 Å². The maximum Gasteiger partial charge on any atom is 0.0602 e. The molecule has 0 aromatic carbocycles. The number of aliphatic hydroxyl groups excluding tert-OH is 2. The molecule has 2 aliphatic carbocycles. The Labute approximate surface area is 92.0 Å². The minimum absolute atomic E-state index is 0.162. The lowest BCUT2D eigenvalue weighted by atomic mass is 9.63. The van der Waals surface area contributed by atoms with Gasteiger partial charge in [-0.25, -0.2) is 0 Å². The third-order valence-corrected chi connectivity index (χ3v) is 4.29. The van der Waals surface area contributed by atoms with Crippen molar-refractivity contribution in [2.75, 3.05) is 6.61 Å². The highest BCUT2D eigenvalue weighted by Gasteiger charge is 2.40. The minimum atomic E-state index is -0.162. The second-order valence-corrected chi connectivity index (χ2v) is 5.22. The van der Waals surface area contributed by atoms with E-state index in [0.717, 1.165) is 19.3 Å². The Morgan fingerprint density at radius 3 is 2.87 bits per heavy atom. The molecule has 15 heavy (non-hydrogen) atoms. The summed E-state index contributed by atoms with van der Waals surface area (Å²) in [6, 6.07) is 0. The molecule has 0 heterocycles. The summed E-state index contributed by atoms with van der Waals surface area (Å²) in [5, 5.41) is 19.3. The van der Waals surface area contributed by atoms with Gasteiger partial charge in [-0.15, -0.1) is 0 Å². The second-order valence-electron chi connectivity index (χ2n) is 5.22. The first-order valence-electron chi connectivity index (χ1n) is 6.19. The zero-order valence-corrected chi connectivity index (χ0v) is 9.47. The smallest absolute Gasteiger partial charge is 0.0602 e. The van der Waals surface area contributed by atoms with Gasteiger partial charge in [0.15, 0.2) is 0 Å². The summed E-state index contributed by atoms with van der Waals surface area (Å²) in [6.07, 6.45) is 8.61. The zero-order chi connectivity index (χ0) is 10.8. The molecule has 5 atom stereocenters. The van der Waals surface area contributed by atoms with Crippen LogP contribution in [-0.2, 0) is 0 Å². The van der Waals surface area contributed by atoms with E-state index in [1.54, 1.807) is 0 Å². The number of rotatable bonds is 2. The van der Waals surface area contributed by atoms with Crippen LogP contribution < -0.4 is 0 Å². The maximum absolute atomic E-state index is 10.3. The van der Waals surface area contributed by atoms with Crippen molar-refractivity contribution in [1.29, 1.82) is 0 Å². The fourth-order valence-electron chi connectivity index (χ4n) is 3.37. The average molecular weight is 210 g/mol. The summed E-state index contributed by atoms with van der Waals surface area (Å²) in [5.41, 5.74) is 0. The minimum Gasteiger partial charge on any atom is -0.396 e. The number of hydrogen-bond acceptors (Lipinski definition) is 2. The molecular formula is C13H22O2. The molecular weight excluding hydrogens is 188 g/mol. The van der Waals surface area contributed by atoms with Gasteiger partial charge in [0.2, 0.25) is 0 Å². The first-order chi connectivity index (χ1) is 7.24. The fraction of sp³-hybridized carbons (Fsp3) is 0.846. The van der Waals surface area contributed by atoms with Gasteiger partial charge < -0.3 is 10.2 Å². The lowest BCUT2D eigenvalue weighted by Crippen LogP contribution is -2.43. The van der Waals surface area contributed by atoms with Gasteiger partial charge in [0.25, 0.3) is 0 Å². The molecule has 0 aliphatic heterocycles. The average Bonchev–Trinajstić information content (AvgIpc) is 2.24. The number of hydrogen-bond donors (Lipinski definition) is 2. The first kappa shape index (κ1) is 11.2. The maximum atomic E-state index is 10.3. The van der Waals surface area contributed by atoms with Crippen molar-refractivity contribution in [1.82, 2.24) is 0 Å². The largest absolute Gasteiger partial charge is 0.396 e. The van der Waals surface area contributed by atoms with Crippen LogP contribution in [0.15, 0.2) is 12.2 Å². The van der Waals surface area contributed by atoms with E-state index >= 15 is 0 Å². The lowest BCUT2D eigenvalue weighted by molar-refractivity contribution is -0.0339. The van der Waals surface area contributed by atoms with Crippen LogP contribution in [0.5, 0.6) is 0 Å². The van der Waals surface area contributed by atoms with Gasteiger partial charge in [-0.2, -0.15) is 0 Å². The van der Waals surface area contributed by atoms with Gasteiger partial charge in [-0.1, -0.05) is 19.1 Å². The van der Waals surface area contributed by atoms with E-state index in [9.17, 15) is 5.11 Å². The first-order valence-corrected chi connectivity index (χ1v) is 6.19. The van der Waals surface area contributed by atoms with Crippen molar-refractivity contribution in [3.8, 4) is 0 Å². The summed E-state index contributed by atoms with van der Waals surface area (Å²) in [7, 11) is 0. The van der Waals surface area contributed by atoms with Gasteiger partial charge >= 0.3 is 0 Å². The predicted molar refractivity (Wildman–Crippen MR) is 60.3 cm³/mol. The molecule has 1 fully saturated rings. The molecule has 0 spiro atoms. The monoisotopic (exact) mass is 210 g/mol. The molecule has 0 bridgehead atoms. The highest BCUT2D eigenvalue weighted by atomic mass is 16.3. The molecule has 0 amide bonds. The van der Waals surface area contributed by atoms with Gasteiger partial charge in [0.1, 0.15) is 0 Å². The number of allylic oxidation sites excluding steroid dienone is 2. The zero-order valence-electron chi connectivity index (χ0n) is 9.47. The van der Waals surface area contributed by atoms with Crippen LogP contribution in [0, 0.1) is 23.7 Å². The van der Waals surface area contributed by atoms with E-state index in [1.165, 1.54) is 6.42 Å². The Balaban J connectivity index is 2.12. The van der Waals surface area contributed by atoms with Crippen LogP contribution >= 0.6 is 0 Å². The van der Waals surface area contributed by atoms with E-state index in [-0.39, 0.29) is 12.7 Å². The highest BCUT2D eigenvalue weighted by molar-refractivity contribution is 5.04. The molecule has 2 nitrogen and oxygen atoms in total. The molecule has 86 valence electrons. The predicted octanol–water partition coefficient (Wildman–Crippen LogP) is 1.97. The molecule has 2 N–H and O–H groups in total. The summed E-state index contributed by atoms with van der Waals surface area (Å²) < 4.78 is 0. The topological polar surface area (TPSA) is 40.5 Å². The second kappa shape index (κ2) is 4.67. The molecule has 2 rings (SSSR count). The highest BCUT2D eigenvalue weighted by Crippen LogP contribution is 2.44.